The van der Waals surface area contributed by atoms with Crippen molar-refractivity contribution in [3.63, 3.8) is 0 Å². The molecule has 1 aromatic heterocycles. The molecule has 0 spiro atoms. The molecule has 5 nitrogen and oxygen atoms in total. The van der Waals surface area contributed by atoms with Crippen molar-refractivity contribution >= 4 is 22.6 Å². The van der Waals surface area contributed by atoms with E-state index in [1.165, 1.54) is 13.3 Å². The van der Waals surface area contributed by atoms with E-state index in [0.717, 1.165) is 6.07 Å². The first-order valence-electron chi connectivity index (χ1n) is 5.01. The number of anilines is 2. The monoisotopic (exact) mass is 282 g/mol. The van der Waals surface area contributed by atoms with Gasteiger partial charge in [0.15, 0.2) is 5.69 Å². The number of hydrogen-bond donors (Lipinski definition) is 2. The van der Waals surface area contributed by atoms with Crippen molar-refractivity contribution in [3.05, 3.63) is 11.8 Å². The first-order valence-corrected chi connectivity index (χ1v) is 6.73. The molecular weight excluding hydrogens is 269 g/mol. The van der Waals surface area contributed by atoms with Crippen LogP contribution in [0.2, 0.25) is 0 Å². The van der Waals surface area contributed by atoms with Crippen molar-refractivity contribution in [2.24, 2.45) is 0 Å². The minimum absolute atomic E-state index is 0.0483. The van der Waals surface area contributed by atoms with Gasteiger partial charge in [-0.25, -0.2) is 4.98 Å². The van der Waals surface area contributed by atoms with Crippen LogP contribution >= 0.6 is 0 Å². The highest BCUT2D eigenvalue weighted by atomic mass is 32.2. The molecule has 0 aliphatic rings. The molecule has 2 N–H and O–H groups in total. The molecule has 1 rings (SSSR count). The van der Waals surface area contributed by atoms with Gasteiger partial charge in [-0.1, -0.05) is 0 Å². The smallest absolute Gasteiger partial charge is 0.369 e. The van der Waals surface area contributed by atoms with Crippen LogP contribution in [0.1, 0.15) is 5.69 Å². The van der Waals surface area contributed by atoms with Crippen molar-refractivity contribution in [3.8, 4) is 0 Å². The van der Waals surface area contributed by atoms with Gasteiger partial charge in [0.2, 0.25) is 5.95 Å². The maximum atomic E-state index is 12.5. The Hall–Kier alpha value is -1.38. The molecule has 1 atom stereocenters. The summed E-state index contributed by atoms with van der Waals surface area (Å²) >= 11 is 0. The maximum absolute atomic E-state index is 12.5. The lowest BCUT2D eigenvalue weighted by atomic mass is 10.4. The van der Waals surface area contributed by atoms with Crippen LogP contribution in [0.15, 0.2) is 6.07 Å². The molecule has 1 heterocycles. The normalized spacial score (nSPS) is 13.2. The van der Waals surface area contributed by atoms with E-state index in [1.54, 1.807) is 0 Å². The quantitative estimate of drug-likeness (QED) is 0.853. The Morgan fingerprint density at radius 1 is 1.39 bits per heavy atom. The highest BCUT2D eigenvalue weighted by Crippen LogP contribution is 2.29. The molecule has 0 saturated heterocycles. The summed E-state index contributed by atoms with van der Waals surface area (Å²) in [5.41, 5.74) is -1.03. The first-order chi connectivity index (χ1) is 8.32. The number of rotatable bonds is 5. The number of nitrogens with one attached hydrogen (secondary N) is 2. The zero-order chi connectivity index (χ0) is 13.8. The SMILES string of the molecule is CNc1nc(NCCS(C)=O)cc(C(F)(F)F)n1. The summed E-state index contributed by atoms with van der Waals surface area (Å²) in [6.07, 6.45) is -3.01. The number of halogens is 3. The summed E-state index contributed by atoms with van der Waals surface area (Å²) in [4.78, 5) is 7.15. The third-order valence-electron chi connectivity index (χ3n) is 1.94. The molecule has 0 bridgehead atoms. The standard InChI is InChI=1S/C9H13F3N4OS/c1-13-8-15-6(9(10,11)12)5-7(16-8)14-3-4-18(2)17/h5H,3-4H2,1-2H3,(H2,13,14,15,16). The predicted molar refractivity (Wildman–Crippen MR) is 64.0 cm³/mol. The highest BCUT2D eigenvalue weighted by molar-refractivity contribution is 7.84. The molecule has 102 valence electrons. The Kier molecular flexibility index (Phi) is 4.88. The van der Waals surface area contributed by atoms with Crippen LogP contribution in [0.25, 0.3) is 0 Å². The first kappa shape index (κ1) is 14.7. The van der Waals surface area contributed by atoms with Gasteiger partial charge in [-0.15, -0.1) is 0 Å². The van der Waals surface area contributed by atoms with Gasteiger partial charge in [-0.3, -0.25) is 4.21 Å². The van der Waals surface area contributed by atoms with Crippen molar-refractivity contribution in [2.45, 2.75) is 6.18 Å². The fourth-order valence-electron chi connectivity index (χ4n) is 1.12. The average Bonchev–Trinajstić information content (AvgIpc) is 2.27. The van der Waals surface area contributed by atoms with Gasteiger partial charge in [0, 0.05) is 42.5 Å². The zero-order valence-electron chi connectivity index (χ0n) is 9.84. The molecule has 1 unspecified atom stereocenters. The van der Waals surface area contributed by atoms with Gasteiger partial charge < -0.3 is 10.6 Å². The number of nitrogens with zero attached hydrogens (tertiary/aromatic N) is 2. The fourth-order valence-corrected chi connectivity index (χ4v) is 1.51. The molecular formula is C9H13F3N4OS. The van der Waals surface area contributed by atoms with Gasteiger partial charge in [0.1, 0.15) is 5.82 Å². The molecule has 1 aromatic rings. The molecule has 0 saturated carbocycles. The molecule has 0 aliphatic carbocycles. The van der Waals surface area contributed by atoms with Gasteiger partial charge in [0.05, 0.1) is 0 Å². The van der Waals surface area contributed by atoms with Crippen LogP contribution < -0.4 is 10.6 Å². The maximum Gasteiger partial charge on any atom is 0.433 e. The highest BCUT2D eigenvalue weighted by Gasteiger charge is 2.33. The van der Waals surface area contributed by atoms with Crippen LogP contribution in [-0.4, -0.2) is 39.8 Å². The van der Waals surface area contributed by atoms with E-state index in [1.807, 2.05) is 0 Å². The zero-order valence-corrected chi connectivity index (χ0v) is 10.7. The summed E-state index contributed by atoms with van der Waals surface area (Å²) in [5.74, 6) is 0.261. The second-order valence-electron chi connectivity index (χ2n) is 3.41. The van der Waals surface area contributed by atoms with Crippen molar-refractivity contribution < 1.29 is 17.4 Å². The van der Waals surface area contributed by atoms with Crippen LogP contribution in [0.4, 0.5) is 24.9 Å². The van der Waals surface area contributed by atoms with Crippen LogP contribution in [0, 0.1) is 0 Å². The lowest BCUT2D eigenvalue weighted by molar-refractivity contribution is -0.141. The second kappa shape index (κ2) is 5.98. The average molecular weight is 282 g/mol. The Morgan fingerprint density at radius 2 is 2.06 bits per heavy atom. The van der Waals surface area contributed by atoms with E-state index >= 15 is 0 Å². The van der Waals surface area contributed by atoms with E-state index in [-0.39, 0.29) is 18.3 Å². The van der Waals surface area contributed by atoms with Crippen molar-refractivity contribution in [1.82, 2.24) is 9.97 Å². The van der Waals surface area contributed by atoms with E-state index in [0.29, 0.717) is 5.75 Å². The molecule has 18 heavy (non-hydrogen) atoms. The minimum Gasteiger partial charge on any atom is -0.369 e. The molecule has 0 aromatic carbocycles. The van der Waals surface area contributed by atoms with Crippen LogP contribution in [0.5, 0.6) is 0 Å². The Balaban J connectivity index is 2.87. The summed E-state index contributed by atoms with van der Waals surface area (Å²) < 4.78 is 48.4. The third kappa shape index (κ3) is 4.47. The van der Waals surface area contributed by atoms with Gasteiger partial charge in [-0.2, -0.15) is 18.2 Å². The van der Waals surface area contributed by atoms with Gasteiger partial charge >= 0.3 is 6.18 Å². The summed E-state index contributed by atoms with van der Waals surface area (Å²) in [6, 6.07) is 0.819. The van der Waals surface area contributed by atoms with E-state index in [9.17, 15) is 17.4 Å². The molecule has 0 fully saturated rings. The molecule has 9 heteroatoms. The Bertz CT molecular complexity index is 438. The molecule has 0 aliphatic heterocycles. The summed E-state index contributed by atoms with van der Waals surface area (Å²) in [5, 5.41) is 5.14. The number of hydrogen-bond acceptors (Lipinski definition) is 5. The van der Waals surface area contributed by atoms with Crippen molar-refractivity contribution in [1.29, 1.82) is 0 Å². The number of alkyl halides is 3. The fraction of sp³-hybridized carbons (Fsp3) is 0.556. The molecule has 0 amide bonds. The predicted octanol–water partition coefficient (Wildman–Crippen LogP) is 1.33. The van der Waals surface area contributed by atoms with Crippen LogP contribution in [-0.2, 0) is 17.0 Å². The minimum atomic E-state index is -4.53. The van der Waals surface area contributed by atoms with E-state index < -0.39 is 22.7 Å². The lowest BCUT2D eigenvalue weighted by Gasteiger charge is -2.11. The summed E-state index contributed by atoms with van der Waals surface area (Å²) in [6.45, 7) is 0.278. The van der Waals surface area contributed by atoms with Crippen LogP contribution in [0.3, 0.4) is 0 Å². The molecule has 0 radical (unpaired) electrons. The van der Waals surface area contributed by atoms with E-state index in [4.69, 9.17) is 0 Å². The lowest BCUT2D eigenvalue weighted by Crippen LogP contribution is -2.15. The largest absolute Gasteiger partial charge is 0.433 e. The number of aromatic nitrogens is 2. The second-order valence-corrected chi connectivity index (χ2v) is 4.97. The Labute approximate surface area is 105 Å². The van der Waals surface area contributed by atoms with Crippen molar-refractivity contribution in [2.75, 3.05) is 36.2 Å². The topological polar surface area (TPSA) is 66.9 Å². The van der Waals surface area contributed by atoms with Gasteiger partial charge in [0.25, 0.3) is 0 Å². The van der Waals surface area contributed by atoms with Gasteiger partial charge in [-0.05, 0) is 0 Å². The third-order valence-corrected chi connectivity index (χ3v) is 2.71. The van der Waals surface area contributed by atoms with E-state index in [2.05, 4.69) is 20.6 Å². The summed E-state index contributed by atoms with van der Waals surface area (Å²) in [7, 11) is 0.418. The Morgan fingerprint density at radius 3 is 2.56 bits per heavy atom.